The fourth-order valence-corrected chi connectivity index (χ4v) is 1.36. The number of amides is 1. The summed E-state index contributed by atoms with van der Waals surface area (Å²) in [4.78, 5) is 37.7. The molecule has 0 fully saturated rings. The molecule has 2 rings (SSSR count). The van der Waals surface area contributed by atoms with Crippen LogP contribution >= 0.6 is 0 Å². The van der Waals surface area contributed by atoms with E-state index < -0.39 is 23.0 Å². The minimum absolute atomic E-state index is 0.201. The lowest BCUT2D eigenvalue weighted by atomic mass is 10.3. The predicted molar refractivity (Wildman–Crippen MR) is 62.0 cm³/mol. The van der Waals surface area contributed by atoms with Crippen LogP contribution in [0, 0.1) is 5.82 Å². The van der Waals surface area contributed by atoms with Crippen molar-refractivity contribution in [3.63, 3.8) is 0 Å². The molecular formula is C11H8FN3O3. The fraction of sp³-hybridized carbons (Fsp3) is 0. The third-order valence-corrected chi connectivity index (χ3v) is 2.09. The number of aromatic amines is 2. The summed E-state index contributed by atoms with van der Waals surface area (Å²) >= 11 is 0. The Hall–Kier alpha value is -2.70. The van der Waals surface area contributed by atoms with Gasteiger partial charge in [0.2, 0.25) is 0 Å². The highest BCUT2D eigenvalue weighted by atomic mass is 19.1. The molecule has 1 amide bonds. The van der Waals surface area contributed by atoms with Gasteiger partial charge in [-0.3, -0.25) is 14.6 Å². The zero-order valence-electron chi connectivity index (χ0n) is 8.99. The first-order valence-electron chi connectivity index (χ1n) is 4.95. The topological polar surface area (TPSA) is 94.8 Å². The van der Waals surface area contributed by atoms with Crippen LogP contribution < -0.4 is 16.6 Å². The molecule has 7 heteroatoms. The molecule has 0 aliphatic heterocycles. The zero-order valence-corrected chi connectivity index (χ0v) is 8.99. The van der Waals surface area contributed by atoms with Crippen molar-refractivity contribution in [3.8, 4) is 0 Å². The lowest BCUT2D eigenvalue weighted by Crippen LogP contribution is -2.27. The first kappa shape index (κ1) is 11.8. The van der Waals surface area contributed by atoms with Crippen LogP contribution in [0.2, 0.25) is 0 Å². The smallest absolute Gasteiger partial charge is 0.321 e. The lowest BCUT2D eigenvalue weighted by molar-refractivity contribution is 0.102. The molecule has 0 atom stereocenters. The van der Waals surface area contributed by atoms with Gasteiger partial charge in [0, 0.05) is 11.8 Å². The first-order valence-corrected chi connectivity index (χ1v) is 4.95. The number of carbonyl (C=O) groups excluding carboxylic acids is 1. The van der Waals surface area contributed by atoms with Gasteiger partial charge in [-0.25, -0.2) is 9.18 Å². The SMILES string of the molecule is O=C(Nc1cccc(F)c1)c1cc(=O)[nH]c(=O)[nH]1. The van der Waals surface area contributed by atoms with Gasteiger partial charge < -0.3 is 10.3 Å². The molecule has 3 N–H and O–H groups in total. The molecule has 92 valence electrons. The third-order valence-electron chi connectivity index (χ3n) is 2.09. The molecule has 1 aromatic heterocycles. The van der Waals surface area contributed by atoms with E-state index in [0.29, 0.717) is 0 Å². The van der Waals surface area contributed by atoms with E-state index in [2.05, 4.69) is 10.3 Å². The van der Waals surface area contributed by atoms with Crippen molar-refractivity contribution in [2.75, 3.05) is 5.32 Å². The molecule has 0 saturated heterocycles. The van der Waals surface area contributed by atoms with Crippen LogP contribution in [0.3, 0.4) is 0 Å². The Balaban J connectivity index is 2.27. The molecule has 2 aromatic rings. The van der Waals surface area contributed by atoms with E-state index >= 15 is 0 Å². The van der Waals surface area contributed by atoms with Gasteiger partial charge in [0.1, 0.15) is 11.5 Å². The van der Waals surface area contributed by atoms with Crippen molar-refractivity contribution in [2.24, 2.45) is 0 Å². The van der Waals surface area contributed by atoms with Crippen LogP contribution in [-0.2, 0) is 0 Å². The Morgan fingerprint density at radius 3 is 2.61 bits per heavy atom. The number of H-pyrrole nitrogens is 2. The quantitative estimate of drug-likeness (QED) is 0.721. The van der Waals surface area contributed by atoms with E-state index in [-0.39, 0.29) is 11.4 Å². The fourth-order valence-electron chi connectivity index (χ4n) is 1.36. The monoisotopic (exact) mass is 249 g/mol. The number of carbonyl (C=O) groups is 1. The van der Waals surface area contributed by atoms with Crippen molar-refractivity contribution < 1.29 is 9.18 Å². The van der Waals surface area contributed by atoms with Gasteiger partial charge in [-0.15, -0.1) is 0 Å². The molecule has 0 unspecified atom stereocenters. The molecule has 0 radical (unpaired) electrons. The van der Waals surface area contributed by atoms with Gasteiger partial charge in [0.15, 0.2) is 0 Å². The summed E-state index contributed by atoms with van der Waals surface area (Å²) < 4.78 is 12.9. The number of nitrogens with one attached hydrogen (secondary N) is 3. The Labute approximate surface area is 99.5 Å². The number of anilines is 1. The highest BCUT2D eigenvalue weighted by molar-refractivity contribution is 6.02. The maximum absolute atomic E-state index is 12.9. The van der Waals surface area contributed by atoms with Gasteiger partial charge >= 0.3 is 5.69 Å². The summed E-state index contributed by atoms with van der Waals surface area (Å²) in [6, 6.07) is 6.18. The normalized spacial score (nSPS) is 10.1. The van der Waals surface area contributed by atoms with Crippen molar-refractivity contribution in [1.29, 1.82) is 0 Å². The Bertz CT molecular complexity index is 677. The second-order valence-electron chi connectivity index (χ2n) is 3.47. The minimum Gasteiger partial charge on any atom is -0.321 e. The van der Waals surface area contributed by atoms with Crippen LogP contribution in [0.25, 0.3) is 0 Å². The summed E-state index contributed by atoms with van der Waals surface area (Å²) in [5.41, 5.74) is -1.45. The second kappa shape index (κ2) is 4.66. The van der Waals surface area contributed by atoms with Crippen LogP contribution in [0.15, 0.2) is 39.9 Å². The van der Waals surface area contributed by atoms with E-state index in [0.717, 1.165) is 12.1 Å². The molecule has 1 heterocycles. The Kier molecular flexibility index (Phi) is 3.05. The molecule has 1 aromatic carbocycles. The van der Waals surface area contributed by atoms with E-state index in [9.17, 15) is 18.8 Å². The van der Waals surface area contributed by atoms with Crippen molar-refractivity contribution in [3.05, 3.63) is 62.7 Å². The van der Waals surface area contributed by atoms with Gasteiger partial charge in [-0.1, -0.05) is 6.07 Å². The number of aromatic nitrogens is 2. The highest BCUT2D eigenvalue weighted by Crippen LogP contribution is 2.09. The van der Waals surface area contributed by atoms with Crippen molar-refractivity contribution >= 4 is 11.6 Å². The van der Waals surface area contributed by atoms with E-state index in [1.807, 2.05) is 4.98 Å². The van der Waals surface area contributed by atoms with Crippen LogP contribution in [0.4, 0.5) is 10.1 Å². The predicted octanol–water partition coefficient (Wildman–Crippen LogP) is 0.455. The molecule has 6 nitrogen and oxygen atoms in total. The lowest BCUT2D eigenvalue weighted by Gasteiger charge is -2.04. The summed E-state index contributed by atoms with van der Waals surface area (Å²) in [5, 5.41) is 2.35. The number of benzene rings is 1. The highest BCUT2D eigenvalue weighted by Gasteiger charge is 2.08. The Morgan fingerprint density at radius 1 is 1.17 bits per heavy atom. The van der Waals surface area contributed by atoms with Crippen LogP contribution in [0.1, 0.15) is 10.5 Å². The van der Waals surface area contributed by atoms with Gasteiger partial charge in [0.05, 0.1) is 0 Å². The molecule has 0 spiro atoms. The molecule has 18 heavy (non-hydrogen) atoms. The Morgan fingerprint density at radius 2 is 1.94 bits per heavy atom. The van der Waals surface area contributed by atoms with Gasteiger partial charge in [-0.05, 0) is 18.2 Å². The van der Waals surface area contributed by atoms with Crippen molar-refractivity contribution in [2.45, 2.75) is 0 Å². The van der Waals surface area contributed by atoms with E-state index in [1.165, 1.54) is 18.2 Å². The van der Waals surface area contributed by atoms with Crippen molar-refractivity contribution in [1.82, 2.24) is 9.97 Å². The summed E-state index contributed by atoms with van der Waals surface area (Å²) in [6.45, 7) is 0. The molecule has 0 saturated carbocycles. The largest absolute Gasteiger partial charge is 0.326 e. The average molecular weight is 249 g/mol. The maximum atomic E-state index is 12.9. The number of halogens is 1. The summed E-state index contributed by atoms with van der Waals surface area (Å²) in [6.07, 6.45) is 0. The molecule has 0 aliphatic rings. The minimum atomic E-state index is -0.785. The van der Waals surface area contributed by atoms with Crippen LogP contribution in [-0.4, -0.2) is 15.9 Å². The zero-order chi connectivity index (χ0) is 13.1. The summed E-state index contributed by atoms with van der Waals surface area (Å²) in [5.74, 6) is -1.21. The first-order chi connectivity index (χ1) is 8.54. The number of hydrogen-bond donors (Lipinski definition) is 3. The van der Waals surface area contributed by atoms with Gasteiger partial charge in [-0.2, -0.15) is 0 Å². The standard InChI is InChI=1S/C11H8FN3O3/c12-6-2-1-3-7(4-6)13-10(17)8-5-9(16)15-11(18)14-8/h1-5H,(H,13,17)(H2,14,15,16,18). The number of hydrogen-bond acceptors (Lipinski definition) is 3. The van der Waals surface area contributed by atoms with E-state index in [1.54, 1.807) is 0 Å². The third kappa shape index (κ3) is 2.70. The summed E-state index contributed by atoms with van der Waals surface area (Å²) in [7, 11) is 0. The molecular weight excluding hydrogens is 241 g/mol. The number of rotatable bonds is 2. The maximum Gasteiger partial charge on any atom is 0.326 e. The van der Waals surface area contributed by atoms with Crippen LogP contribution in [0.5, 0.6) is 0 Å². The molecule has 0 aliphatic carbocycles. The average Bonchev–Trinajstić information content (AvgIpc) is 2.27. The van der Waals surface area contributed by atoms with E-state index in [4.69, 9.17) is 0 Å². The second-order valence-corrected chi connectivity index (χ2v) is 3.47. The molecule has 0 bridgehead atoms. The van der Waals surface area contributed by atoms with Gasteiger partial charge in [0.25, 0.3) is 11.5 Å².